The molecule has 132 valence electrons. The lowest BCUT2D eigenvalue weighted by atomic mass is 10.2. The second-order valence-electron chi connectivity index (χ2n) is 6.15. The molecule has 0 saturated carbocycles. The lowest BCUT2D eigenvalue weighted by Gasteiger charge is -2.18. The highest BCUT2D eigenvalue weighted by molar-refractivity contribution is 5.68. The molecule has 0 radical (unpaired) electrons. The molecule has 0 amide bonds. The predicted molar refractivity (Wildman–Crippen MR) is 101 cm³/mol. The second kappa shape index (κ2) is 8.12. The third-order valence-corrected chi connectivity index (χ3v) is 4.25. The van der Waals surface area contributed by atoms with E-state index in [1.165, 1.54) is 0 Å². The summed E-state index contributed by atoms with van der Waals surface area (Å²) in [7, 11) is 1.67. The Bertz CT molecular complexity index is 745. The summed E-state index contributed by atoms with van der Waals surface area (Å²) in [6.45, 7) is 6.67. The highest BCUT2D eigenvalue weighted by Gasteiger charge is 2.24. The first-order valence-corrected chi connectivity index (χ1v) is 8.72. The molecule has 1 aromatic carbocycles. The molecule has 1 fully saturated rings. The van der Waals surface area contributed by atoms with Crippen LogP contribution in [0.5, 0.6) is 5.75 Å². The minimum atomic E-state index is 0.302. The number of hydrogen-bond acceptors (Lipinski definition) is 5. The van der Waals surface area contributed by atoms with Gasteiger partial charge in [-0.2, -0.15) is 0 Å². The highest BCUT2D eigenvalue weighted by Crippen LogP contribution is 2.21. The van der Waals surface area contributed by atoms with Gasteiger partial charge in [0.2, 0.25) is 0 Å². The van der Waals surface area contributed by atoms with E-state index in [1.807, 2.05) is 56.3 Å². The Hall–Kier alpha value is -2.40. The number of aromatic nitrogens is 2. The number of hydrogen-bond donors (Lipinski definition) is 0. The van der Waals surface area contributed by atoms with Gasteiger partial charge in [0, 0.05) is 31.5 Å². The Kier molecular flexibility index (Phi) is 5.66. The van der Waals surface area contributed by atoms with Crippen molar-refractivity contribution in [1.82, 2.24) is 9.97 Å². The maximum absolute atomic E-state index is 5.73. The number of rotatable bonds is 6. The van der Waals surface area contributed by atoms with E-state index in [1.54, 1.807) is 7.11 Å². The number of nitrogens with zero attached hydrogens (tertiary/aromatic N) is 3. The van der Waals surface area contributed by atoms with E-state index in [0.29, 0.717) is 6.10 Å². The molecule has 0 N–H and O–H groups in total. The molecular weight excluding hydrogens is 314 g/mol. The molecule has 0 bridgehead atoms. The van der Waals surface area contributed by atoms with Gasteiger partial charge in [0.1, 0.15) is 11.6 Å². The van der Waals surface area contributed by atoms with Gasteiger partial charge in [-0.15, -0.1) is 0 Å². The van der Waals surface area contributed by atoms with E-state index in [0.717, 1.165) is 54.8 Å². The first-order valence-electron chi connectivity index (χ1n) is 8.72. The third-order valence-electron chi connectivity index (χ3n) is 4.25. The van der Waals surface area contributed by atoms with Gasteiger partial charge in [0.15, 0.2) is 5.82 Å². The maximum atomic E-state index is 5.73. The Labute approximate surface area is 149 Å². The summed E-state index contributed by atoms with van der Waals surface area (Å²) in [5, 5.41) is 0. The van der Waals surface area contributed by atoms with Gasteiger partial charge in [0.05, 0.1) is 13.2 Å². The van der Waals surface area contributed by atoms with E-state index < -0.39 is 0 Å². The Morgan fingerprint density at radius 1 is 1.24 bits per heavy atom. The first-order chi connectivity index (χ1) is 12.2. The van der Waals surface area contributed by atoms with Crippen molar-refractivity contribution in [2.24, 2.45) is 0 Å². The van der Waals surface area contributed by atoms with Gasteiger partial charge in [-0.25, -0.2) is 9.97 Å². The van der Waals surface area contributed by atoms with Crippen LogP contribution in [-0.4, -0.2) is 42.9 Å². The average Bonchev–Trinajstić information content (AvgIpc) is 3.09. The van der Waals surface area contributed by atoms with Crippen molar-refractivity contribution in [1.29, 1.82) is 0 Å². The lowest BCUT2D eigenvalue weighted by Crippen LogP contribution is -2.24. The van der Waals surface area contributed by atoms with Crippen LogP contribution in [0, 0.1) is 6.92 Å². The molecule has 0 spiro atoms. The molecule has 1 aliphatic rings. The molecule has 0 aliphatic carbocycles. The summed E-state index contributed by atoms with van der Waals surface area (Å²) in [4.78, 5) is 11.5. The van der Waals surface area contributed by atoms with Crippen LogP contribution in [0.25, 0.3) is 12.2 Å². The quantitative estimate of drug-likeness (QED) is 0.805. The molecule has 1 atom stereocenters. The zero-order valence-corrected chi connectivity index (χ0v) is 15.1. The molecule has 3 rings (SSSR count). The first kappa shape index (κ1) is 17.4. The van der Waals surface area contributed by atoms with Crippen molar-refractivity contribution in [3.05, 3.63) is 47.4 Å². The van der Waals surface area contributed by atoms with Crippen LogP contribution in [-0.2, 0) is 4.74 Å². The van der Waals surface area contributed by atoms with Crippen LogP contribution in [0.4, 0.5) is 5.82 Å². The summed E-state index contributed by atoms with van der Waals surface area (Å²) >= 11 is 0. The van der Waals surface area contributed by atoms with Crippen molar-refractivity contribution in [2.75, 3.05) is 31.7 Å². The van der Waals surface area contributed by atoms with Crippen LogP contribution in [0.2, 0.25) is 0 Å². The van der Waals surface area contributed by atoms with Gasteiger partial charge in [-0.05, 0) is 44.0 Å². The average molecular weight is 339 g/mol. The number of anilines is 1. The summed E-state index contributed by atoms with van der Waals surface area (Å²) < 4.78 is 11.0. The second-order valence-corrected chi connectivity index (χ2v) is 6.15. The molecule has 0 unspecified atom stereocenters. The number of benzene rings is 1. The highest BCUT2D eigenvalue weighted by atomic mass is 16.5. The summed E-state index contributed by atoms with van der Waals surface area (Å²) in [5.74, 6) is 2.53. The van der Waals surface area contributed by atoms with Crippen LogP contribution in [0.3, 0.4) is 0 Å². The third kappa shape index (κ3) is 4.57. The topological polar surface area (TPSA) is 47.5 Å². The van der Waals surface area contributed by atoms with E-state index in [4.69, 9.17) is 14.5 Å². The van der Waals surface area contributed by atoms with Gasteiger partial charge in [0.25, 0.3) is 0 Å². The zero-order valence-electron chi connectivity index (χ0n) is 15.1. The molecule has 1 aromatic heterocycles. The van der Waals surface area contributed by atoms with E-state index in [2.05, 4.69) is 9.88 Å². The van der Waals surface area contributed by atoms with E-state index in [9.17, 15) is 0 Å². The minimum absolute atomic E-state index is 0.302. The molecule has 5 heteroatoms. The normalized spacial score (nSPS) is 17.4. The fourth-order valence-electron chi connectivity index (χ4n) is 3.03. The van der Waals surface area contributed by atoms with Crippen molar-refractivity contribution in [3.63, 3.8) is 0 Å². The largest absolute Gasteiger partial charge is 0.497 e. The lowest BCUT2D eigenvalue weighted by molar-refractivity contribution is 0.0787. The van der Waals surface area contributed by atoms with Gasteiger partial charge in [-0.3, -0.25) is 0 Å². The maximum Gasteiger partial charge on any atom is 0.154 e. The van der Waals surface area contributed by atoms with Gasteiger partial charge in [-0.1, -0.05) is 18.2 Å². The predicted octanol–water partition coefficient (Wildman–Crippen LogP) is 3.58. The van der Waals surface area contributed by atoms with Crippen LogP contribution >= 0.6 is 0 Å². The van der Waals surface area contributed by atoms with Crippen LogP contribution in [0.1, 0.15) is 30.4 Å². The van der Waals surface area contributed by atoms with Crippen LogP contribution < -0.4 is 9.64 Å². The molecule has 25 heavy (non-hydrogen) atoms. The minimum Gasteiger partial charge on any atom is -0.497 e. The van der Waals surface area contributed by atoms with Gasteiger partial charge < -0.3 is 14.4 Å². The Balaban J connectivity index is 1.76. The summed E-state index contributed by atoms with van der Waals surface area (Å²) in [6, 6.07) is 9.96. The SMILES string of the molecule is CCO[C@H]1CCN(c2cc(C)nc(C=Cc3cccc(OC)c3)n2)C1. The standard InChI is InChI=1S/C20H25N3O2/c1-4-25-18-10-11-23(14-18)20-12-15(2)21-19(22-20)9-8-16-6-5-7-17(13-16)24-3/h5-9,12-13,18H,4,10-11,14H2,1-3H3/t18-/m0/s1. The number of aryl methyl sites for hydroxylation is 1. The Morgan fingerprint density at radius 2 is 2.12 bits per heavy atom. The van der Waals surface area contributed by atoms with E-state index >= 15 is 0 Å². The molecule has 2 aromatic rings. The molecule has 5 nitrogen and oxygen atoms in total. The number of methoxy groups -OCH3 is 1. The van der Waals surface area contributed by atoms with Crippen molar-refractivity contribution in [2.45, 2.75) is 26.4 Å². The Morgan fingerprint density at radius 3 is 2.92 bits per heavy atom. The van der Waals surface area contributed by atoms with Crippen LogP contribution in [0.15, 0.2) is 30.3 Å². The fraction of sp³-hybridized carbons (Fsp3) is 0.400. The molecule has 1 saturated heterocycles. The summed E-state index contributed by atoms with van der Waals surface area (Å²) in [6.07, 6.45) is 5.30. The molecule has 2 heterocycles. The zero-order chi connectivity index (χ0) is 17.6. The summed E-state index contributed by atoms with van der Waals surface area (Å²) in [5.41, 5.74) is 2.03. The molecular formula is C20H25N3O2. The fourth-order valence-corrected chi connectivity index (χ4v) is 3.03. The van der Waals surface area contributed by atoms with Crippen molar-refractivity contribution in [3.8, 4) is 5.75 Å². The monoisotopic (exact) mass is 339 g/mol. The van der Waals surface area contributed by atoms with Crippen molar-refractivity contribution < 1.29 is 9.47 Å². The van der Waals surface area contributed by atoms with Crippen molar-refractivity contribution >= 4 is 18.0 Å². The van der Waals surface area contributed by atoms with E-state index in [-0.39, 0.29) is 0 Å². The van der Waals surface area contributed by atoms with Gasteiger partial charge >= 0.3 is 0 Å². The smallest absolute Gasteiger partial charge is 0.154 e. The number of ether oxygens (including phenoxy) is 2. The molecule has 1 aliphatic heterocycles.